The lowest BCUT2D eigenvalue weighted by Gasteiger charge is -2.37. The zero-order valence-corrected chi connectivity index (χ0v) is 20.8. The van der Waals surface area contributed by atoms with Gasteiger partial charge in [-0.2, -0.15) is 0 Å². The summed E-state index contributed by atoms with van der Waals surface area (Å²) in [6.45, 7) is 0. The van der Waals surface area contributed by atoms with Crippen molar-refractivity contribution >= 4 is 34.9 Å². The Morgan fingerprint density at radius 2 is 1.44 bits per heavy atom. The number of rotatable bonds is 4. The van der Waals surface area contributed by atoms with Crippen molar-refractivity contribution < 1.29 is 18.8 Å². The van der Waals surface area contributed by atoms with Crippen LogP contribution >= 0.6 is 0 Å². The van der Waals surface area contributed by atoms with Gasteiger partial charge >= 0.3 is 0 Å². The van der Waals surface area contributed by atoms with Gasteiger partial charge in [0.2, 0.25) is 5.91 Å². The summed E-state index contributed by atoms with van der Waals surface area (Å²) in [7, 11) is 0. The van der Waals surface area contributed by atoms with Crippen molar-refractivity contribution in [3.8, 4) is 0 Å². The Balaban J connectivity index is 1.54. The van der Waals surface area contributed by atoms with E-state index < -0.39 is 29.2 Å². The second-order valence-electron chi connectivity index (χ2n) is 10.2. The van der Waals surface area contributed by atoms with Crippen LogP contribution in [0.1, 0.15) is 31.8 Å². The molecule has 1 spiro atoms. The van der Waals surface area contributed by atoms with Gasteiger partial charge < -0.3 is 10.2 Å². The summed E-state index contributed by atoms with van der Waals surface area (Å²) >= 11 is 0. The number of carbonyl (C=O) groups excluding carboxylic acids is 3. The first-order valence-electron chi connectivity index (χ1n) is 12.9. The highest BCUT2D eigenvalue weighted by molar-refractivity contribution is 6.18. The molecule has 5 nitrogen and oxygen atoms in total. The number of hydrogen-bond acceptors (Lipinski definition) is 4. The van der Waals surface area contributed by atoms with Gasteiger partial charge in [0.15, 0.2) is 11.6 Å². The minimum Gasteiger partial charge on any atom is -0.352 e. The molecule has 3 aliphatic heterocycles. The number of nitrogens with zero attached hydrogens (tertiary/aromatic N) is 1. The average molecular weight is 515 g/mol. The van der Waals surface area contributed by atoms with Crippen molar-refractivity contribution in [2.24, 2.45) is 5.92 Å². The van der Waals surface area contributed by atoms with E-state index in [4.69, 9.17) is 0 Å². The molecule has 1 amide bonds. The second kappa shape index (κ2) is 8.60. The van der Waals surface area contributed by atoms with Crippen LogP contribution in [0.25, 0.3) is 6.08 Å². The summed E-state index contributed by atoms with van der Waals surface area (Å²) < 4.78 is 13.9. The van der Waals surface area contributed by atoms with Crippen LogP contribution in [0.5, 0.6) is 0 Å². The minimum absolute atomic E-state index is 0.250. The lowest BCUT2D eigenvalue weighted by Crippen LogP contribution is -2.51. The van der Waals surface area contributed by atoms with E-state index in [2.05, 4.69) is 5.32 Å². The predicted molar refractivity (Wildman–Crippen MR) is 147 cm³/mol. The summed E-state index contributed by atoms with van der Waals surface area (Å²) in [5.74, 6) is -2.51. The van der Waals surface area contributed by atoms with Crippen LogP contribution in [0.3, 0.4) is 0 Å². The SMILES string of the molecule is O=C(c1ccccc1)[C@H]1[C@H](C(=O)c2ccc(F)cc2)[C@@]2(C(=O)Nc3ccccc32)[C@@H]2C=Cc3ccccc3N21. The monoisotopic (exact) mass is 514 g/mol. The van der Waals surface area contributed by atoms with Gasteiger partial charge in [-0.05, 0) is 47.5 Å². The molecule has 4 aromatic carbocycles. The quantitative estimate of drug-likeness (QED) is 0.356. The maximum absolute atomic E-state index is 14.6. The summed E-state index contributed by atoms with van der Waals surface area (Å²) in [5.41, 5.74) is 2.30. The van der Waals surface area contributed by atoms with Gasteiger partial charge in [0.1, 0.15) is 17.3 Å². The van der Waals surface area contributed by atoms with Crippen LogP contribution in [-0.2, 0) is 10.2 Å². The number of para-hydroxylation sites is 2. The Morgan fingerprint density at radius 1 is 0.769 bits per heavy atom. The molecular weight excluding hydrogens is 491 g/mol. The van der Waals surface area contributed by atoms with Crippen molar-refractivity contribution in [2.75, 3.05) is 10.2 Å². The maximum atomic E-state index is 14.6. The van der Waals surface area contributed by atoms with Crippen LogP contribution in [0.2, 0.25) is 0 Å². The van der Waals surface area contributed by atoms with E-state index in [0.29, 0.717) is 16.8 Å². The lowest BCUT2D eigenvalue weighted by atomic mass is 9.64. The molecule has 0 radical (unpaired) electrons. The maximum Gasteiger partial charge on any atom is 0.238 e. The Hall–Kier alpha value is -4.84. The summed E-state index contributed by atoms with van der Waals surface area (Å²) in [5, 5.41) is 3.01. The molecule has 0 saturated carbocycles. The summed E-state index contributed by atoms with van der Waals surface area (Å²) in [6, 6.07) is 27.6. The van der Waals surface area contributed by atoms with E-state index >= 15 is 0 Å². The third kappa shape index (κ3) is 3.21. The molecule has 1 fully saturated rings. The van der Waals surface area contributed by atoms with E-state index in [1.165, 1.54) is 24.3 Å². The molecule has 6 heteroatoms. The first kappa shape index (κ1) is 23.3. The van der Waals surface area contributed by atoms with Gasteiger partial charge in [0, 0.05) is 22.5 Å². The van der Waals surface area contributed by atoms with Gasteiger partial charge in [0.25, 0.3) is 0 Å². The van der Waals surface area contributed by atoms with E-state index in [9.17, 15) is 18.8 Å². The van der Waals surface area contributed by atoms with Crippen LogP contribution < -0.4 is 10.2 Å². The van der Waals surface area contributed by atoms with Crippen molar-refractivity contribution in [1.29, 1.82) is 0 Å². The minimum atomic E-state index is -1.39. The zero-order chi connectivity index (χ0) is 26.7. The third-order valence-corrected chi connectivity index (χ3v) is 8.28. The van der Waals surface area contributed by atoms with Gasteiger partial charge in [-0.25, -0.2) is 4.39 Å². The fourth-order valence-electron chi connectivity index (χ4n) is 6.69. The standard InChI is InChI=1S/C33H23FN2O3/c34-23-17-14-22(15-18-23)30(37)28-29(31(38)21-9-2-1-3-10-21)36-26-13-7-4-8-20(26)16-19-27(36)33(28)24-11-5-6-12-25(24)35-32(33)39/h1-19,27-29H,(H,35,39)/t27-,28+,29+,33-/m0/s1. The Bertz CT molecular complexity index is 1680. The van der Waals surface area contributed by atoms with Crippen LogP contribution in [0, 0.1) is 11.7 Å². The molecule has 0 bridgehead atoms. The van der Waals surface area contributed by atoms with Crippen LogP contribution in [-0.4, -0.2) is 29.6 Å². The highest BCUT2D eigenvalue weighted by atomic mass is 19.1. The Labute approximate surface area is 224 Å². The van der Waals surface area contributed by atoms with Gasteiger partial charge in [-0.15, -0.1) is 0 Å². The van der Waals surface area contributed by atoms with Crippen LogP contribution in [0.15, 0.2) is 109 Å². The van der Waals surface area contributed by atoms with E-state index in [1.807, 2.05) is 71.6 Å². The number of amides is 1. The largest absolute Gasteiger partial charge is 0.352 e. The first-order valence-corrected chi connectivity index (χ1v) is 12.9. The number of anilines is 2. The second-order valence-corrected chi connectivity index (χ2v) is 10.2. The highest BCUT2D eigenvalue weighted by Gasteiger charge is 2.70. The molecule has 7 rings (SSSR count). The predicted octanol–water partition coefficient (Wildman–Crippen LogP) is 5.68. The fourth-order valence-corrected chi connectivity index (χ4v) is 6.69. The third-order valence-electron chi connectivity index (χ3n) is 8.28. The van der Waals surface area contributed by atoms with Crippen molar-refractivity contribution in [3.05, 3.63) is 137 Å². The molecule has 1 saturated heterocycles. The molecular formula is C33H23FN2O3. The lowest BCUT2D eigenvalue weighted by molar-refractivity contribution is -0.121. The normalized spacial score (nSPS) is 24.2. The number of fused-ring (bicyclic) bond motifs is 6. The van der Waals surface area contributed by atoms with Gasteiger partial charge in [0.05, 0.1) is 12.0 Å². The number of benzene rings is 4. The molecule has 190 valence electrons. The molecule has 1 N–H and O–H groups in total. The number of Topliss-reactive ketones (excluding diaryl/α,β-unsaturated/α-hetero) is 2. The molecule has 0 aliphatic carbocycles. The van der Waals surface area contributed by atoms with Crippen LogP contribution in [0.4, 0.5) is 15.8 Å². The van der Waals surface area contributed by atoms with Gasteiger partial charge in [-0.3, -0.25) is 14.4 Å². The first-order chi connectivity index (χ1) is 19.0. The highest BCUT2D eigenvalue weighted by Crippen LogP contribution is 2.58. The number of halogens is 1. The average Bonchev–Trinajstić information content (AvgIpc) is 3.45. The molecule has 39 heavy (non-hydrogen) atoms. The Morgan fingerprint density at radius 3 is 2.23 bits per heavy atom. The number of hydrogen-bond donors (Lipinski definition) is 1. The fraction of sp³-hybridized carbons (Fsp3) is 0.121. The molecule has 0 unspecified atom stereocenters. The van der Waals surface area contributed by atoms with Crippen molar-refractivity contribution in [3.63, 3.8) is 0 Å². The van der Waals surface area contributed by atoms with Crippen molar-refractivity contribution in [2.45, 2.75) is 17.5 Å². The molecule has 3 heterocycles. The molecule has 0 aromatic heterocycles. The Kier molecular flexibility index (Phi) is 5.13. The molecule has 3 aliphatic rings. The molecule has 4 aromatic rings. The van der Waals surface area contributed by atoms with E-state index in [-0.39, 0.29) is 23.0 Å². The summed E-state index contributed by atoms with van der Waals surface area (Å²) in [6.07, 6.45) is 3.90. The number of nitrogens with one attached hydrogen (secondary N) is 1. The summed E-state index contributed by atoms with van der Waals surface area (Å²) in [4.78, 5) is 45.2. The topological polar surface area (TPSA) is 66.5 Å². The van der Waals surface area contributed by atoms with Crippen molar-refractivity contribution in [1.82, 2.24) is 0 Å². The van der Waals surface area contributed by atoms with E-state index in [1.54, 1.807) is 24.3 Å². The molecule has 4 atom stereocenters. The number of carbonyl (C=O) groups is 3. The van der Waals surface area contributed by atoms with Gasteiger partial charge in [-0.1, -0.05) is 78.9 Å². The zero-order valence-electron chi connectivity index (χ0n) is 20.8. The smallest absolute Gasteiger partial charge is 0.238 e. The van der Waals surface area contributed by atoms with E-state index in [0.717, 1.165) is 11.3 Å². The number of ketones is 2.